The molecule has 0 bridgehead atoms. The largest absolute Gasteiger partial charge is 0.331 e. The Morgan fingerprint density at radius 1 is 1.41 bits per heavy atom. The quantitative estimate of drug-likeness (QED) is 0.894. The van der Waals surface area contributed by atoms with E-state index in [-0.39, 0.29) is 0 Å². The Labute approximate surface area is 112 Å². The molecule has 2 heterocycles. The standard InChI is InChI=1S/C12H12BrN3S/c13-11-7-17-12(16-11)15-10-3-1-2-8-6-14-5-4-9(8)10/h1-3,7,14H,4-6H2,(H,15,16). The first-order valence-electron chi connectivity index (χ1n) is 5.52. The van der Waals surface area contributed by atoms with E-state index >= 15 is 0 Å². The van der Waals surface area contributed by atoms with Gasteiger partial charge in [-0.05, 0) is 46.1 Å². The van der Waals surface area contributed by atoms with Crippen molar-refractivity contribution in [3.63, 3.8) is 0 Å². The lowest BCUT2D eigenvalue weighted by Crippen LogP contribution is -2.24. The maximum atomic E-state index is 4.36. The third-order valence-corrected chi connectivity index (χ3v) is 4.33. The minimum Gasteiger partial charge on any atom is -0.331 e. The molecule has 0 unspecified atom stereocenters. The molecule has 3 rings (SSSR count). The Morgan fingerprint density at radius 3 is 3.18 bits per heavy atom. The third-order valence-electron chi connectivity index (χ3n) is 2.86. The van der Waals surface area contributed by atoms with Crippen molar-refractivity contribution >= 4 is 38.1 Å². The number of nitrogens with zero attached hydrogens (tertiary/aromatic N) is 1. The van der Waals surface area contributed by atoms with Gasteiger partial charge >= 0.3 is 0 Å². The Bertz CT molecular complexity index is 538. The number of fused-ring (bicyclic) bond motifs is 1. The average molecular weight is 310 g/mol. The highest BCUT2D eigenvalue weighted by molar-refractivity contribution is 9.10. The first kappa shape index (κ1) is 11.2. The van der Waals surface area contributed by atoms with Crippen molar-refractivity contribution in [2.24, 2.45) is 0 Å². The monoisotopic (exact) mass is 309 g/mol. The molecule has 2 N–H and O–H groups in total. The number of anilines is 2. The van der Waals surface area contributed by atoms with Gasteiger partial charge in [0.25, 0.3) is 0 Å². The van der Waals surface area contributed by atoms with Crippen molar-refractivity contribution < 1.29 is 0 Å². The molecular weight excluding hydrogens is 298 g/mol. The lowest BCUT2D eigenvalue weighted by Gasteiger charge is -2.20. The van der Waals surface area contributed by atoms with Crippen molar-refractivity contribution in [1.82, 2.24) is 10.3 Å². The van der Waals surface area contributed by atoms with Crippen LogP contribution >= 0.6 is 27.3 Å². The van der Waals surface area contributed by atoms with Crippen LogP contribution in [0.5, 0.6) is 0 Å². The SMILES string of the molecule is Brc1csc(Nc2cccc3c2CCNC3)n1. The second-order valence-electron chi connectivity index (χ2n) is 3.97. The zero-order valence-electron chi connectivity index (χ0n) is 9.16. The van der Waals surface area contributed by atoms with Crippen LogP contribution in [0, 0.1) is 0 Å². The molecule has 1 aromatic heterocycles. The topological polar surface area (TPSA) is 37.0 Å². The van der Waals surface area contributed by atoms with E-state index in [2.05, 4.69) is 49.7 Å². The van der Waals surface area contributed by atoms with Gasteiger partial charge in [-0.3, -0.25) is 0 Å². The number of halogens is 1. The predicted molar refractivity (Wildman–Crippen MR) is 74.9 cm³/mol. The highest BCUT2D eigenvalue weighted by atomic mass is 79.9. The van der Waals surface area contributed by atoms with Crippen molar-refractivity contribution in [2.45, 2.75) is 13.0 Å². The molecule has 2 aromatic rings. The molecule has 5 heteroatoms. The van der Waals surface area contributed by atoms with Crippen LogP contribution in [0.2, 0.25) is 0 Å². The van der Waals surface area contributed by atoms with E-state index in [0.29, 0.717) is 0 Å². The summed E-state index contributed by atoms with van der Waals surface area (Å²) in [4.78, 5) is 4.36. The Balaban J connectivity index is 1.92. The molecule has 0 amide bonds. The van der Waals surface area contributed by atoms with Crippen LogP contribution in [-0.4, -0.2) is 11.5 Å². The lowest BCUT2D eigenvalue weighted by atomic mass is 9.99. The molecule has 1 aliphatic heterocycles. The number of aromatic nitrogens is 1. The zero-order chi connectivity index (χ0) is 11.7. The summed E-state index contributed by atoms with van der Waals surface area (Å²) < 4.78 is 0.886. The van der Waals surface area contributed by atoms with Gasteiger partial charge in [0.15, 0.2) is 5.13 Å². The minimum absolute atomic E-state index is 0.886. The molecule has 88 valence electrons. The fourth-order valence-electron chi connectivity index (χ4n) is 2.08. The summed E-state index contributed by atoms with van der Waals surface area (Å²) in [5, 5.41) is 9.71. The van der Waals surface area contributed by atoms with Crippen LogP contribution in [0.1, 0.15) is 11.1 Å². The molecule has 3 nitrogen and oxygen atoms in total. The smallest absolute Gasteiger partial charge is 0.188 e. The van der Waals surface area contributed by atoms with Crippen molar-refractivity contribution in [1.29, 1.82) is 0 Å². The van der Waals surface area contributed by atoms with Crippen LogP contribution in [0.3, 0.4) is 0 Å². The fraction of sp³-hybridized carbons (Fsp3) is 0.250. The summed E-state index contributed by atoms with van der Waals surface area (Å²) in [6, 6.07) is 6.40. The van der Waals surface area contributed by atoms with Crippen LogP contribution in [0.15, 0.2) is 28.2 Å². The molecule has 1 aliphatic rings. The van der Waals surface area contributed by atoms with Gasteiger partial charge in [-0.15, -0.1) is 11.3 Å². The van der Waals surface area contributed by atoms with Crippen LogP contribution < -0.4 is 10.6 Å². The molecule has 0 fully saturated rings. The fourth-order valence-corrected chi connectivity index (χ4v) is 3.23. The average Bonchev–Trinajstić information content (AvgIpc) is 2.75. The minimum atomic E-state index is 0.886. The summed E-state index contributed by atoms with van der Waals surface area (Å²) in [5.41, 5.74) is 3.99. The number of benzene rings is 1. The van der Waals surface area contributed by atoms with Gasteiger partial charge in [0.05, 0.1) is 0 Å². The van der Waals surface area contributed by atoms with Crippen LogP contribution in [0.25, 0.3) is 0 Å². The number of rotatable bonds is 2. The maximum absolute atomic E-state index is 4.36. The van der Waals surface area contributed by atoms with Gasteiger partial charge in [-0.1, -0.05) is 12.1 Å². The number of nitrogens with one attached hydrogen (secondary N) is 2. The molecule has 0 aliphatic carbocycles. The molecule has 0 saturated heterocycles. The second kappa shape index (κ2) is 4.76. The predicted octanol–water partition coefficient (Wildman–Crippen LogP) is 3.29. The van der Waals surface area contributed by atoms with Crippen LogP contribution in [-0.2, 0) is 13.0 Å². The number of hydrogen-bond acceptors (Lipinski definition) is 4. The van der Waals surface area contributed by atoms with Gasteiger partial charge in [0.2, 0.25) is 0 Å². The second-order valence-corrected chi connectivity index (χ2v) is 5.64. The van der Waals surface area contributed by atoms with E-state index in [9.17, 15) is 0 Å². The maximum Gasteiger partial charge on any atom is 0.188 e. The van der Waals surface area contributed by atoms with Crippen LogP contribution in [0.4, 0.5) is 10.8 Å². The number of thiazole rings is 1. The molecule has 0 spiro atoms. The first-order valence-corrected chi connectivity index (χ1v) is 7.20. The zero-order valence-corrected chi connectivity index (χ0v) is 11.6. The third kappa shape index (κ3) is 2.36. The summed E-state index contributed by atoms with van der Waals surface area (Å²) in [6.07, 6.45) is 1.07. The highest BCUT2D eigenvalue weighted by Crippen LogP contribution is 2.28. The molecule has 0 saturated carbocycles. The summed E-state index contributed by atoms with van der Waals surface area (Å²) in [6.45, 7) is 2.01. The van der Waals surface area contributed by atoms with Crippen molar-refractivity contribution in [2.75, 3.05) is 11.9 Å². The van der Waals surface area contributed by atoms with Gasteiger partial charge in [-0.25, -0.2) is 4.98 Å². The molecule has 0 atom stereocenters. The first-order chi connectivity index (χ1) is 8.33. The van der Waals surface area contributed by atoms with E-state index in [4.69, 9.17) is 0 Å². The van der Waals surface area contributed by atoms with Gasteiger partial charge in [-0.2, -0.15) is 0 Å². The number of hydrogen-bond donors (Lipinski definition) is 2. The van der Waals surface area contributed by atoms with Gasteiger partial charge in [0, 0.05) is 17.6 Å². The molecule has 1 aromatic carbocycles. The van der Waals surface area contributed by atoms with Crippen molar-refractivity contribution in [3.8, 4) is 0 Å². The Hall–Kier alpha value is -0.910. The van der Waals surface area contributed by atoms with E-state index in [1.807, 2.05) is 5.38 Å². The summed E-state index contributed by atoms with van der Waals surface area (Å²) in [7, 11) is 0. The molecular formula is C12H12BrN3S. The lowest BCUT2D eigenvalue weighted by molar-refractivity contribution is 0.645. The van der Waals surface area contributed by atoms with E-state index in [1.54, 1.807) is 11.3 Å². The molecule has 0 radical (unpaired) electrons. The van der Waals surface area contributed by atoms with Gasteiger partial charge < -0.3 is 10.6 Å². The summed E-state index contributed by atoms with van der Waals surface area (Å²) in [5.74, 6) is 0. The highest BCUT2D eigenvalue weighted by Gasteiger charge is 2.13. The molecule has 17 heavy (non-hydrogen) atoms. The van der Waals surface area contributed by atoms with Crippen molar-refractivity contribution in [3.05, 3.63) is 39.3 Å². The van der Waals surface area contributed by atoms with E-state index in [0.717, 1.165) is 29.2 Å². The summed E-state index contributed by atoms with van der Waals surface area (Å²) >= 11 is 4.98. The van der Waals surface area contributed by atoms with E-state index in [1.165, 1.54) is 16.8 Å². The Morgan fingerprint density at radius 2 is 2.35 bits per heavy atom. The van der Waals surface area contributed by atoms with E-state index < -0.39 is 0 Å². The normalized spacial score (nSPS) is 14.4. The Kier molecular flexibility index (Phi) is 3.13. The van der Waals surface area contributed by atoms with Gasteiger partial charge in [0.1, 0.15) is 4.60 Å².